The molecule has 1 saturated heterocycles. The van der Waals surface area contributed by atoms with Gasteiger partial charge in [-0.05, 0) is 61.7 Å². The minimum Gasteiger partial charge on any atom is -0.439 e. The highest BCUT2D eigenvalue weighted by atomic mass is 19.1. The summed E-state index contributed by atoms with van der Waals surface area (Å²) in [6, 6.07) is 19.6. The lowest BCUT2D eigenvalue weighted by molar-refractivity contribution is 0.0631. The number of aryl methyl sites for hydroxylation is 1. The van der Waals surface area contributed by atoms with Gasteiger partial charge in [-0.1, -0.05) is 35.9 Å². The maximum atomic E-state index is 13.1. The molecule has 2 aromatic heterocycles. The van der Waals surface area contributed by atoms with E-state index in [1.54, 1.807) is 35.4 Å². The highest BCUT2D eigenvalue weighted by Gasteiger charge is 2.30. The summed E-state index contributed by atoms with van der Waals surface area (Å²) in [5, 5.41) is 0. The van der Waals surface area contributed by atoms with Gasteiger partial charge in [0.15, 0.2) is 11.6 Å². The van der Waals surface area contributed by atoms with Crippen LogP contribution in [0, 0.1) is 18.7 Å². The second-order valence-corrected chi connectivity index (χ2v) is 9.91. The standard InChI is InChI=1S/C32H28FN3O4/c1-21-4-7-23(8-5-21)31(38)25-3-2-16-36(20-25)32(39)28-14-9-24(19-34-28)29(37)17-22-6-15-30(35-18-22)40-27-12-10-26(33)11-13-27/h4-15,18-19,25H,2-3,16-17,20H2,1H3. The van der Waals surface area contributed by atoms with Crippen LogP contribution < -0.4 is 4.74 Å². The zero-order valence-corrected chi connectivity index (χ0v) is 22.0. The van der Waals surface area contributed by atoms with Crippen molar-refractivity contribution in [3.63, 3.8) is 0 Å². The molecule has 0 spiro atoms. The number of pyridine rings is 2. The zero-order valence-electron chi connectivity index (χ0n) is 22.0. The van der Waals surface area contributed by atoms with Crippen molar-refractivity contribution in [3.8, 4) is 11.6 Å². The van der Waals surface area contributed by atoms with Crippen LogP contribution in [-0.2, 0) is 6.42 Å². The molecule has 1 unspecified atom stereocenters. The first-order chi connectivity index (χ1) is 19.4. The summed E-state index contributed by atoms with van der Waals surface area (Å²) in [5.41, 5.74) is 3.07. The normalized spacial score (nSPS) is 14.9. The number of hydrogen-bond donors (Lipinski definition) is 0. The predicted octanol–water partition coefficient (Wildman–Crippen LogP) is 5.88. The number of rotatable bonds is 8. The van der Waals surface area contributed by atoms with Gasteiger partial charge in [-0.25, -0.2) is 9.37 Å². The molecule has 0 aliphatic carbocycles. The van der Waals surface area contributed by atoms with Crippen molar-refractivity contribution in [2.75, 3.05) is 13.1 Å². The van der Waals surface area contributed by atoms with Crippen LogP contribution >= 0.6 is 0 Å². The van der Waals surface area contributed by atoms with Crippen LogP contribution in [-0.4, -0.2) is 45.4 Å². The number of hydrogen-bond acceptors (Lipinski definition) is 6. The first-order valence-electron chi connectivity index (χ1n) is 13.1. The van der Waals surface area contributed by atoms with Gasteiger partial charge in [0.1, 0.15) is 17.3 Å². The van der Waals surface area contributed by atoms with Crippen molar-refractivity contribution in [2.45, 2.75) is 26.2 Å². The number of amides is 1. The summed E-state index contributed by atoms with van der Waals surface area (Å²) in [6.07, 6.45) is 4.55. The fraction of sp³-hybridized carbons (Fsp3) is 0.219. The first-order valence-corrected chi connectivity index (χ1v) is 13.1. The van der Waals surface area contributed by atoms with Gasteiger partial charge in [-0.2, -0.15) is 0 Å². The minimum absolute atomic E-state index is 0.0518. The lowest BCUT2D eigenvalue weighted by Gasteiger charge is -2.32. The Morgan fingerprint density at radius 3 is 2.33 bits per heavy atom. The van der Waals surface area contributed by atoms with Gasteiger partial charge in [0, 0.05) is 55.0 Å². The van der Waals surface area contributed by atoms with E-state index in [9.17, 15) is 18.8 Å². The van der Waals surface area contributed by atoms with Gasteiger partial charge in [-0.3, -0.25) is 19.4 Å². The Bertz CT molecular complexity index is 1500. The van der Waals surface area contributed by atoms with E-state index in [0.29, 0.717) is 41.4 Å². The smallest absolute Gasteiger partial charge is 0.272 e. The van der Waals surface area contributed by atoms with Crippen LogP contribution in [0.5, 0.6) is 11.6 Å². The van der Waals surface area contributed by atoms with E-state index in [1.165, 1.54) is 30.5 Å². The molecule has 40 heavy (non-hydrogen) atoms. The van der Waals surface area contributed by atoms with Crippen molar-refractivity contribution in [1.29, 1.82) is 0 Å². The highest BCUT2D eigenvalue weighted by molar-refractivity contribution is 6.00. The number of benzene rings is 2. The van der Waals surface area contributed by atoms with Gasteiger partial charge >= 0.3 is 0 Å². The number of halogens is 1. The summed E-state index contributed by atoms with van der Waals surface area (Å²) in [6.45, 7) is 2.89. The van der Waals surface area contributed by atoms with Crippen LogP contribution in [0.25, 0.3) is 0 Å². The molecule has 7 nitrogen and oxygen atoms in total. The molecule has 5 rings (SSSR count). The van der Waals surface area contributed by atoms with Crippen molar-refractivity contribution < 1.29 is 23.5 Å². The third kappa shape index (κ3) is 6.46. The average molecular weight is 538 g/mol. The molecule has 2 aromatic carbocycles. The molecule has 1 amide bonds. The number of carbonyl (C=O) groups is 3. The molecule has 1 atom stereocenters. The molecule has 0 N–H and O–H groups in total. The molecule has 1 aliphatic heterocycles. The highest BCUT2D eigenvalue weighted by Crippen LogP contribution is 2.23. The van der Waals surface area contributed by atoms with Gasteiger partial charge in [0.25, 0.3) is 5.91 Å². The number of likely N-dealkylation sites (tertiary alicyclic amines) is 1. The molecule has 202 valence electrons. The van der Waals surface area contributed by atoms with E-state index >= 15 is 0 Å². The molecule has 4 aromatic rings. The van der Waals surface area contributed by atoms with Crippen LogP contribution in [0.1, 0.15) is 55.2 Å². The second kappa shape index (κ2) is 12.0. The quantitative estimate of drug-likeness (QED) is 0.261. The predicted molar refractivity (Wildman–Crippen MR) is 147 cm³/mol. The number of ether oxygens (including phenoxy) is 1. The number of ketones is 2. The monoisotopic (exact) mass is 537 g/mol. The van der Waals surface area contributed by atoms with E-state index in [0.717, 1.165) is 18.4 Å². The number of carbonyl (C=O) groups excluding carboxylic acids is 3. The van der Waals surface area contributed by atoms with E-state index in [2.05, 4.69) is 9.97 Å². The summed E-state index contributed by atoms with van der Waals surface area (Å²) in [4.78, 5) is 49.1. The lowest BCUT2D eigenvalue weighted by Crippen LogP contribution is -2.42. The van der Waals surface area contributed by atoms with Gasteiger partial charge in [0.2, 0.25) is 5.88 Å². The van der Waals surface area contributed by atoms with Gasteiger partial charge in [0.05, 0.1) is 0 Å². The largest absolute Gasteiger partial charge is 0.439 e. The van der Waals surface area contributed by atoms with Crippen molar-refractivity contribution in [1.82, 2.24) is 14.9 Å². The molecule has 0 saturated carbocycles. The third-order valence-corrected chi connectivity index (χ3v) is 6.92. The van der Waals surface area contributed by atoms with Crippen molar-refractivity contribution in [2.24, 2.45) is 5.92 Å². The van der Waals surface area contributed by atoms with Crippen LogP contribution in [0.15, 0.2) is 85.2 Å². The van der Waals surface area contributed by atoms with Crippen LogP contribution in [0.2, 0.25) is 0 Å². The minimum atomic E-state index is -0.355. The molecule has 1 fully saturated rings. The zero-order chi connectivity index (χ0) is 28.1. The Kier molecular flexibility index (Phi) is 8.05. The SMILES string of the molecule is Cc1ccc(C(=O)C2CCCN(C(=O)c3ccc(C(=O)Cc4ccc(Oc5ccc(F)cc5)nc4)cn3)C2)cc1. The Morgan fingerprint density at radius 2 is 1.65 bits per heavy atom. The maximum Gasteiger partial charge on any atom is 0.272 e. The molecule has 1 aliphatic rings. The summed E-state index contributed by atoms with van der Waals surface area (Å²) in [7, 11) is 0. The summed E-state index contributed by atoms with van der Waals surface area (Å²) < 4.78 is 18.6. The van der Waals surface area contributed by atoms with E-state index in [4.69, 9.17) is 4.74 Å². The summed E-state index contributed by atoms with van der Waals surface area (Å²) in [5.74, 6) is -0.183. The summed E-state index contributed by atoms with van der Waals surface area (Å²) >= 11 is 0. The molecule has 8 heteroatoms. The van der Waals surface area contributed by atoms with E-state index < -0.39 is 0 Å². The average Bonchev–Trinajstić information content (AvgIpc) is 2.99. The van der Waals surface area contributed by atoms with E-state index in [-0.39, 0.29) is 41.3 Å². The number of piperidine rings is 1. The molecule has 3 heterocycles. The number of nitrogens with zero attached hydrogens (tertiary/aromatic N) is 3. The molecule has 0 radical (unpaired) electrons. The lowest BCUT2D eigenvalue weighted by atomic mass is 9.89. The van der Waals surface area contributed by atoms with Crippen LogP contribution in [0.3, 0.4) is 0 Å². The number of aromatic nitrogens is 2. The Labute approximate surface area is 231 Å². The second-order valence-electron chi connectivity index (χ2n) is 9.91. The fourth-order valence-electron chi connectivity index (χ4n) is 4.66. The van der Waals surface area contributed by atoms with Crippen LogP contribution in [0.4, 0.5) is 4.39 Å². The van der Waals surface area contributed by atoms with Gasteiger partial charge < -0.3 is 9.64 Å². The molecular formula is C32H28FN3O4. The Hall–Kier alpha value is -4.72. The van der Waals surface area contributed by atoms with Crippen molar-refractivity contribution in [3.05, 3.63) is 119 Å². The number of Topliss-reactive ketones (excluding diaryl/α,β-unsaturated/α-hetero) is 2. The third-order valence-electron chi connectivity index (χ3n) is 6.92. The Balaban J connectivity index is 1.17. The first kappa shape index (κ1) is 26.9. The maximum absolute atomic E-state index is 13.1. The fourth-order valence-corrected chi connectivity index (χ4v) is 4.66. The molecular weight excluding hydrogens is 509 g/mol. The van der Waals surface area contributed by atoms with Crippen molar-refractivity contribution >= 4 is 17.5 Å². The topological polar surface area (TPSA) is 89.5 Å². The Morgan fingerprint density at radius 1 is 0.900 bits per heavy atom. The molecule has 0 bridgehead atoms. The van der Waals surface area contributed by atoms with Gasteiger partial charge in [-0.15, -0.1) is 0 Å². The van der Waals surface area contributed by atoms with E-state index in [1.807, 2.05) is 31.2 Å².